The zero-order valence-corrected chi connectivity index (χ0v) is 21.9. The average molecular weight is 525 g/mol. The van der Waals surface area contributed by atoms with Crippen molar-refractivity contribution in [1.82, 2.24) is 14.9 Å². The summed E-state index contributed by atoms with van der Waals surface area (Å²) < 4.78 is 23.0. The molecule has 1 aromatic heterocycles. The zero-order valence-electron chi connectivity index (χ0n) is 21.1. The van der Waals surface area contributed by atoms with Gasteiger partial charge in [-0.05, 0) is 44.7 Å². The number of nitrogens with zero attached hydrogens (tertiary/aromatic N) is 4. The molecule has 10 heteroatoms. The summed E-state index contributed by atoms with van der Waals surface area (Å²) in [6.45, 7) is 3.48. The van der Waals surface area contributed by atoms with Crippen LogP contribution < -0.4 is 18.9 Å². The molecule has 0 saturated carbocycles. The Labute approximate surface area is 220 Å². The fourth-order valence-electron chi connectivity index (χ4n) is 4.67. The number of benzene rings is 2. The Balaban J connectivity index is 1.19. The molecule has 194 valence electrons. The van der Waals surface area contributed by atoms with E-state index in [0.717, 1.165) is 32.2 Å². The topological polar surface area (TPSA) is 95.4 Å². The van der Waals surface area contributed by atoms with Crippen molar-refractivity contribution in [1.29, 1.82) is 0 Å². The van der Waals surface area contributed by atoms with E-state index in [1.54, 1.807) is 39.3 Å². The van der Waals surface area contributed by atoms with Gasteiger partial charge in [-0.25, -0.2) is 9.97 Å². The quantitative estimate of drug-likeness (QED) is 0.281. The molecule has 3 heterocycles. The van der Waals surface area contributed by atoms with Gasteiger partial charge in [0, 0.05) is 30.3 Å². The molecule has 5 rings (SSSR count). The smallest absolute Gasteiger partial charge is 0.256 e. The Morgan fingerprint density at radius 1 is 0.973 bits per heavy atom. The number of hydrogen-bond donors (Lipinski definition) is 0. The van der Waals surface area contributed by atoms with Crippen LogP contribution in [-0.2, 0) is 0 Å². The molecule has 1 fully saturated rings. The van der Waals surface area contributed by atoms with Crippen molar-refractivity contribution in [3.05, 3.63) is 40.8 Å². The van der Waals surface area contributed by atoms with E-state index in [9.17, 15) is 4.79 Å². The minimum atomic E-state index is -0.00925. The van der Waals surface area contributed by atoms with Crippen molar-refractivity contribution in [2.45, 2.75) is 38.6 Å². The van der Waals surface area contributed by atoms with Crippen molar-refractivity contribution < 1.29 is 23.7 Å². The van der Waals surface area contributed by atoms with Crippen LogP contribution in [0, 0.1) is 6.92 Å². The number of fused-ring (bicyclic) bond motifs is 3. The molecule has 1 atom stereocenters. The second-order valence-electron chi connectivity index (χ2n) is 8.99. The van der Waals surface area contributed by atoms with Gasteiger partial charge in [0.2, 0.25) is 0 Å². The van der Waals surface area contributed by atoms with Crippen LogP contribution in [0.25, 0.3) is 10.9 Å². The Bertz CT molecular complexity index is 1360. The molecule has 0 radical (unpaired) electrons. The molecule has 9 nitrogen and oxygen atoms in total. The number of aliphatic imine (C=N–C) groups is 1. The lowest BCUT2D eigenvalue weighted by molar-refractivity contribution is 0.0774. The third-order valence-electron chi connectivity index (χ3n) is 6.56. The molecule has 3 aromatic rings. The molecule has 0 spiro atoms. The summed E-state index contributed by atoms with van der Waals surface area (Å²) in [5.74, 6) is 2.84. The first-order valence-corrected chi connectivity index (χ1v) is 12.7. The van der Waals surface area contributed by atoms with Crippen LogP contribution in [0.2, 0.25) is 5.15 Å². The third-order valence-corrected chi connectivity index (χ3v) is 6.85. The predicted octanol–water partition coefficient (Wildman–Crippen LogP) is 5.17. The van der Waals surface area contributed by atoms with Crippen molar-refractivity contribution in [2.75, 3.05) is 34.0 Å². The number of unbranched alkanes of at least 4 members (excludes halogenated alkanes) is 1. The standard InChI is InChI=1S/C27H29ClN4O5/c1-16-30-21-14-25(22(34-2)11-18(21)26(28)31-16)37-10-5-4-9-36-24-13-20-19(12-23(24)35-3)27(33)32-8-6-7-17(32)15-29-20/h11-15,17H,4-10H2,1-3H3/t17-/m0/s1. The van der Waals surface area contributed by atoms with Crippen molar-refractivity contribution in [2.24, 2.45) is 4.99 Å². The molecule has 2 aromatic carbocycles. The number of aromatic nitrogens is 2. The maximum absolute atomic E-state index is 13.0. The first kappa shape index (κ1) is 25.1. The zero-order chi connectivity index (χ0) is 25.9. The summed E-state index contributed by atoms with van der Waals surface area (Å²) in [7, 11) is 3.15. The van der Waals surface area contributed by atoms with Gasteiger partial charge in [-0.2, -0.15) is 0 Å². The number of carbonyl (C=O) groups is 1. The van der Waals surface area contributed by atoms with Gasteiger partial charge in [0.1, 0.15) is 11.0 Å². The van der Waals surface area contributed by atoms with Gasteiger partial charge in [0.25, 0.3) is 5.91 Å². The Morgan fingerprint density at radius 2 is 1.68 bits per heavy atom. The molecule has 0 unspecified atom stereocenters. The summed E-state index contributed by atoms with van der Waals surface area (Å²) in [4.78, 5) is 28.1. The van der Waals surface area contributed by atoms with E-state index in [0.29, 0.717) is 69.3 Å². The molecule has 1 amide bonds. The highest BCUT2D eigenvalue weighted by molar-refractivity contribution is 6.34. The Kier molecular flexibility index (Phi) is 7.32. The second-order valence-corrected chi connectivity index (χ2v) is 9.35. The normalized spacial score (nSPS) is 16.4. The third kappa shape index (κ3) is 5.13. The number of hydrogen-bond acceptors (Lipinski definition) is 8. The maximum atomic E-state index is 13.0. The number of rotatable bonds is 9. The molecule has 0 N–H and O–H groups in total. The largest absolute Gasteiger partial charge is 0.493 e. The monoisotopic (exact) mass is 524 g/mol. The molecule has 0 bridgehead atoms. The van der Waals surface area contributed by atoms with Crippen LogP contribution >= 0.6 is 11.6 Å². The van der Waals surface area contributed by atoms with E-state index in [-0.39, 0.29) is 11.9 Å². The summed E-state index contributed by atoms with van der Waals surface area (Å²) in [6, 6.07) is 7.19. The Morgan fingerprint density at radius 3 is 2.41 bits per heavy atom. The molecule has 2 aliphatic heterocycles. The number of carbonyl (C=O) groups excluding carboxylic acids is 1. The molecule has 37 heavy (non-hydrogen) atoms. The summed E-state index contributed by atoms with van der Waals surface area (Å²) in [6.07, 6.45) is 5.31. The van der Waals surface area contributed by atoms with E-state index in [2.05, 4.69) is 15.0 Å². The van der Waals surface area contributed by atoms with E-state index < -0.39 is 0 Å². The molecule has 0 aliphatic carbocycles. The summed E-state index contributed by atoms with van der Waals surface area (Å²) in [5, 5.41) is 1.10. The van der Waals surface area contributed by atoms with Crippen molar-refractivity contribution in [3.63, 3.8) is 0 Å². The number of methoxy groups -OCH3 is 2. The first-order chi connectivity index (χ1) is 18.0. The van der Waals surface area contributed by atoms with Crippen molar-refractivity contribution >= 4 is 40.3 Å². The van der Waals surface area contributed by atoms with Gasteiger partial charge < -0.3 is 23.8 Å². The minimum Gasteiger partial charge on any atom is -0.493 e. The van der Waals surface area contributed by atoms with Crippen LogP contribution in [0.15, 0.2) is 29.3 Å². The van der Waals surface area contributed by atoms with E-state index in [1.165, 1.54) is 0 Å². The molecule has 1 saturated heterocycles. The highest BCUT2D eigenvalue weighted by Crippen LogP contribution is 2.38. The van der Waals surface area contributed by atoms with Crippen LogP contribution in [-0.4, -0.2) is 67.0 Å². The maximum Gasteiger partial charge on any atom is 0.256 e. The number of halogens is 1. The second kappa shape index (κ2) is 10.8. The number of aryl methyl sites for hydroxylation is 1. The lowest BCUT2D eigenvalue weighted by Gasteiger charge is -2.20. The lowest BCUT2D eigenvalue weighted by Crippen LogP contribution is -2.35. The van der Waals surface area contributed by atoms with Crippen LogP contribution in [0.5, 0.6) is 23.0 Å². The fourth-order valence-corrected chi connectivity index (χ4v) is 4.94. The number of amides is 1. The Hall–Kier alpha value is -3.59. The average Bonchev–Trinajstić information content (AvgIpc) is 3.32. The van der Waals surface area contributed by atoms with Gasteiger partial charge in [0.05, 0.1) is 50.2 Å². The lowest BCUT2D eigenvalue weighted by atomic mass is 10.1. The van der Waals surface area contributed by atoms with Crippen molar-refractivity contribution in [3.8, 4) is 23.0 Å². The van der Waals surface area contributed by atoms with Gasteiger partial charge >= 0.3 is 0 Å². The summed E-state index contributed by atoms with van der Waals surface area (Å²) in [5.41, 5.74) is 1.86. The van der Waals surface area contributed by atoms with E-state index in [1.807, 2.05) is 17.2 Å². The fraction of sp³-hybridized carbons (Fsp3) is 0.407. The van der Waals surface area contributed by atoms with E-state index >= 15 is 0 Å². The van der Waals surface area contributed by atoms with Gasteiger partial charge in [-0.1, -0.05) is 11.6 Å². The first-order valence-electron chi connectivity index (χ1n) is 12.3. The van der Waals surface area contributed by atoms with Crippen LogP contribution in [0.4, 0.5) is 5.69 Å². The van der Waals surface area contributed by atoms with Gasteiger partial charge in [-0.3, -0.25) is 9.79 Å². The van der Waals surface area contributed by atoms with Gasteiger partial charge in [-0.15, -0.1) is 0 Å². The molecular weight excluding hydrogens is 496 g/mol. The molecule has 2 aliphatic rings. The molecular formula is C27H29ClN4O5. The minimum absolute atomic E-state index is 0.00925. The number of ether oxygens (including phenoxy) is 4. The highest BCUT2D eigenvalue weighted by Gasteiger charge is 2.32. The van der Waals surface area contributed by atoms with E-state index in [4.69, 9.17) is 30.5 Å². The van der Waals surface area contributed by atoms with Crippen LogP contribution in [0.1, 0.15) is 41.9 Å². The summed E-state index contributed by atoms with van der Waals surface area (Å²) >= 11 is 6.26. The van der Waals surface area contributed by atoms with Gasteiger partial charge in [0.15, 0.2) is 23.0 Å². The predicted molar refractivity (Wildman–Crippen MR) is 141 cm³/mol. The van der Waals surface area contributed by atoms with Crippen LogP contribution in [0.3, 0.4) is 0 Å². The highest BCUT2D eigenvalue weighted by atomic mass is 35.5. The SMILES string of the molecule is COc1cc2c(cc1OCCCCOc1cc3nc(C)nc(Cl)c3cc1OC)N=C[C@@H]1CCCN1C2=O.